The minimum absolute atomic E-state index is 0.134. The average Bonchev–Trinajstić information content (AvgIpc) is 3.42. The Balaban J connectivity index is 1.64. The van der Waals surface area contributed by atoms with E-state index < -0.39 is 21.5 Å². The molecule has 1 atom stereocenters. The van der Waals surface area contributed by atoms with E-state index in [1.165, 1.54) is 16.2 Å². The van der Waals surface area contributed by atoms with E-state index in [1.54, 1.807) is 31.4 Å². The van der Waals surface area contributed by atoms with Gasteiger partial charge in [0, 0.05) is 6.61 Å². The third-order valence-electron chi connectivity index (χ3n) is 5.43. The second-order valence-electron chi connectivity index (χ2n) is 7.92. The van der Waals surface area contributed by atoms with E-state index in [4.69, 9.17) is 9.47 Å². The summed E-state index contributed by atoms with van der Waals surface area (Å²) < 4.78 is 37.7. The molecule has 0 saturated carbocycles. The van der Waals surface area contributed by atoms with Crippen molar-refractivity contribution in [3.8, 4) is 5.75 Å². The van der Waals surface area contributed by atoms with Crippen LogP contribution < -0.4 is 9.64 Å². The minimum atomic E-state index is -3.65. The number of fused-ring (bicyclic) bond motifs is 1. The normalized spacial score (nSPS) is 16.4. The van der Waals surface area contributed by atoms with Gasteiger partial charge in [-0.1, -0.05) is 47.7 Å². The number of thiazole rings is 1. The lowest BCUT2D eigenvalue weighted by Gasteiger charge is -2.23. The van der Waals surface area contributed by atoms with Crippen molar-refractivity contribution in [2.75, 3.05) is 30.9 Å². The van der Waals surface area contributed by atoms with Crippen molar-refractivity contribution in [2.45, 2.75) is 31.6 Å². The lowest BCUT2D eigenvalue weighted by molar-refractivity contribution is -0.116. The highest BCUT2D eigenvalue weighted by Gasteiger charge is 2.30. The second kappa shape index (κ2) is 9.56. The predicted molar refractivity (Wildman–Crippen MR) is 126 cm³/mol. The quantitative estimate of drug-likeness (QED) is 0.494. The first-order valence-corrected chi connectivity index (χ1v) is 13.1. The van der Waals surface area contributed by atoms with Crippen molar-refractivity contribution in [1.29, 1.82) is 0 Å². The molecular formula is C23H26N2O5S2. The van der Waals surface area contributed by atoms with Gasteiger partial charge in [0.15, 0.2) is 15.0 Å². The number of carbonyl (C=O) groups excluding carboxylic acids is 1. The summed E-state index contributed by atoms with van der Waals surface area (Å²) in [6.07, 6.45) is 1.62. The van der Waals surface area contributed by atoms with Gasteiger partial charge in [-0.15, -0.1) is 0 Å². The van der Waals surface area contributed by atoms with Crippen LogP contribution in [0.5, 0.6) is 5.75 Å². The number of amides is 1. The number of hydrogen-bond donors (Lipinski definition) is 0. The molecule has 1 aromatic heterocycles. The molecule has 32 heavy (non-hydrogen) atoms. The zero-order valence-electron chi connectivity index (χ0n) is 18.1. The van der Waals surface area contributed by atoms with Crippen molar-refractivity contribution < 1.29 is 22.7 Å². The summed E-state index contributed by atoms with van der Waals surface area (Å²) in [6.45, 7) is 2.90. The van der Waals surface area contributed by atoms with Crippen LogP contribution in [0.15, 0.2) is 42.5 Å². The summed E-state index contributed by atoms with van der Waals surface area (Å²) in [4.78, 5) is 19.4. The number of aryl methyl sites for hydroxylation is 1. The first kappa shape index (κ1) is 22.7. The maximum Gasteiger partial charge on any atom is 0.244 e. The molecule has 0 bridgehead atoms. The number of aromatic nitrogens is 1. The Morgan fingerprint density at radius 1 is 1.25 bits per heavy atom. The highest BCUT2D eigenvalue weighted by molar-refractivity contribution is 7.91. The zero-order chi connectivity index (χ0) is 22.7. The number of anilines is 1. The molecule has 0 radical (unpaired) electrons. The van der Waals surface area contributed by atoms with Crippen LogP contribution in [0, 0.1) is 6.92 Å². The highest BCUT2D eigenvalue weighted by Crippen LogP contribution is 2.37. The lowest BCUT2D eigenvalue weighted by Crippen LogP contribution is -2.41. The molecule has 1 unspecified atom stereocenters. The lowest BCUT2D eigenvalue weighted by atomic mass is 10.2. The molecule has 7 nitrogen and oxygen atoms in total. The Morgan fingerprint density at radius 2 is 2.03 bits per heavy atom. The van der Waals surface area contributed by atoms with Crippen LogP contribution in [0.3, 0.4) is 0 Å². The molecule has 1 saturated heterocycles. The summed E-state index contributed by atoms with van der Waals surface area (Å²) in [5, 5.41) is 0.461. The van der Waals surface area contributed by atoms with Gasteiger partial charge in [-0.3, -0.25) is 9.69 Å². The van der Waals surface area contributed by atoms with Gasteiger partial charge in [0.1, 0.15) is 17.0 Å². The molecule has 1 amide bonds. The standard InChI is InChI=1S/C23H26N2O5S2/c1-16-10-11-19(29-2)21-22(16)31-23(24-21)25(13-18-9-6-12-30-18)20(26)15-32(27,28)14-17-7-4-3-5-8-17/h3-5,7-8,10-11,18H,6,9,12-15H2,1-2H3. The van der Waals surface area contributed by atoms with E-state index in [0.717, 1.165) is 23.1 Å². The molecule has 4 rings (SSSR count). The monoisotopic (exact) mass is 474 g/mol. The van der Waals surface area contributed by atoms with Crippen molar-refractivity contribution in [3.05, 3.63) is 53.6 Å². The number of sulfone groups is 1. The predicted octanol–water partition coefficient (Wildman–Crippen LogP) is 3.74. The molecule has 170 valence electrons. The van der Waals surface area contributed by atoms with E-state index in [9.17, 15) is 13.2 Å². The van der Waals surface area contributed by atoms with Crippen molar-refractivity contribution >= 4 is 42.4 Å². The van der Waals surface area contributed by atoms with E-state index >= 15 is 0 Å². The summed E-state index contributed by atoms with van der Waals surface area (Å²) in [5.74, 6) is -0.637. The fourth-order valence-electron chi connectivity index (χ4n) is 3.80. The average molecular weight is 475 g/mol. The summed E-state index contributed by atoms with van der Waals surface area (Å²) in [6, 6.07) is 12.7. The number of rotatable bonds is 8. The number of hydrogen-bond acceptors (Lipinski definition) is 7. The number of benzene rings is 2. The second-order valence-corrected chi connectivity index (χ2v) is 11.0. The number of ether oxygens (including phenoxy) is 2. The molecule has 2 heterocycles. The number of carbonyl (C=O) groups is 1. The molecule has 3 aromatic rings. The van der Waals surface area contributed by atoms with Crippen LogP contribution in [0.1, 0.15) is 24.0 Å². The summed E-state index contributed by atoms with van der Waals surface area (Å²) in [7, 11) is -2.07. The van der Waals surface area contributed by atoms with Crippen LogP contribution in [0.4, 0.5) is 5.13 Å². The van der Waals surface area contributed by atoms with Gasteiger partial charge < -0.3 is 9.47 Å². The topological polar surface area (TPSA) is 85.8 Å². The van der Waals surface area contributed by atoms with Crippen LogP contribution >= 0.6 is 11.3 Å². The van der Waals surface area contributed by atoms with Gasteiger partial charge in [-0.2, -0.15) is 0 Å². The number of nitrogens with zero attached hydrogens (tertiary/aromatic N) is 2. The smallest absolute Gasteiger partial charge is 0.244 e. The van der Waals surface area contributed by atoms with Crippen LogP contribution in [0.25, 0.3) is 10.2 Å². The number of methoxy groups -OCH3 is 1. The third kappa shape index (κ3) is 5.11. The first-order chi connectivity index (χ1) is 15.4. The molecule has 0 spiro atoms. The molecule has 9 heteroatoms. The van der Waals surface area contributed by atoms with Crippen molar-refractivity contribution in [2.24, 2.45) is 0 Å². The molecule has 1 aliphatic rings. The maximum atomic E-state index is 13.3. The first-order valence-electron chi connectivity index (χ1n) is 10.5. The summed E-state index contributed by atoms with van der Waals surface area (Å²) >= 11 is 1.37. The third-order valence-corrected chi connectivity index (χ3v) is 8.10. The Bertz CT molecular complexity index is 1200. The fourth-order valence-corrected chi connectivity index (χ4v) is 6.21. The molecule has 1 fully saturated rings. The SMILES string of the molecule is COc1ccc(C)c2sc(N(CC3CCCO3)C(=O)CS(=O)(=O)Cc3ccccc3)nc12. The van der Waals surface area contributed by atoms with E-state index in [0.29, 0.717) is 28.6 Å². The van der Waals surface area contributed by atoms with Crippen LogP contribution in [-0.4, -0.2) is 51.4 Å². The van der Waals surface area contributed by atoms with Gasteiger partial charge in [-0.05, 0) is 37.0 Å². The van der Waals surface area contributed by atoms with Crippen molar-refractivity contribution in [1.82, 2.24) is 4.98 Å². The van der Waals surface area contributed by atoms with Crippen LogP contribution in [0.2, 0.25) is 0 Å². The van der Waals surface area contributed by atoms with Gasteiger partial charge in [0.2, 0.25) is 5.91 Å². The molecule has 0 aliphatic carbocycles. The zero-order valence-corrected chi connectivity index (χ0v) is 19.7. The minimum Gasteiger partial charge on any atom is -0.494 e. The molecule has 1 aliphatic heterocycles. The van der Waals surface area contributed by atoms with Gasteiger partial charge in [0.05, 0.1) is 30.2 Å². The largest absolute Gasteiger partial charge is 0.494 e. The van der Waals surface area contributed by atoms with E-state index in [1.807, 2.05) is 25.1 Å². The summed E-state index contributed by atoms with van der Waals surface area (Å²) in [5.41, 5.74) is 2.35. The van der Waals surface area contributed by atoms with Crippen molar-refractivity contribution in [3.63, 3.8) is 0 Å². The van der Waals surface area contributed by atoms with E-state index in [2.05, 4.69) is 4.98 Å². The fraction of sp³-hybridized carbons (Fsp3) is 0.391. The Hall–Kier alpha value is -2.49. The highest BCUT2D eigenvalue weighted by atomic mass is 32.2. The Morgan fingerprint density at radius 3 is 2.72 bits per heavy atom. The molecule has 2 aromatic carbocycles. The van der Waals surface area contributed by atoms with Gasteiger partial charge in [-0.25, -0.2) is 13.4 Å². The van der Waals surface area contributed by atoms with Gasteiger partial charge >= 0.3 is 0 Å². The van der Waals surface area contributed by atoms with E-state index in [-0.39, 0.29) is 18.4 Å². The van der Waals surface area contributed by atoms with Gasteiger partial charge in [0.25, 0.3) is 0 Å². The molecule has 0 N–H and O–H groups in total. The Kier molecular flexibility index (Phi) is 6.78. The van der Waals surface area contributed by atoms with Crippen LogP contribution in [-0.2, 0) is 25.1 Å². The Labute approximate surface area is 191 Å². The molecular weight excluding hydrogens is 448 g/mol. The maximum absolute atomic E-state index is 13.3.